The second-order valence-corrected chi connectivity index (χ2v) is 7.47. The number of nitrogens with zero attached hydrogens (tertiary/aromatic N) is 3. The molecule has 1 fully saturated rings. The van der Waals surface area contributed by atoms with Crippen LogP contribution in [0.2, 0.25) is 0 Å². The molecule has 1 aliphatic rings. The summed E-state index contributed by atoms with van der Waals surface area (Å²) in [5, 5.41) is 20.6. The molecule has 0 aromatic carbocycles. The standard InChI is InChI=1S/C21H33N3O6/c1-16(25)24-11-6-10-23(21(28)17-7-5-8-22-13-17)9-3-4-12-30-15-18(26)20(27)19(14-24)29-2/h5,7-8,13,18-20,26-27H,3-4,6,9-12,14-15H2,1-2H3/t18-,19-,20-/m0/s1. The zero-order chi connectivity index (χ0) is 21.9. The van der Waals surface area contributed by atoms with Crippen LogP contribution in [-0.2, 0) is 14.3 Å². The lowest BCUT2D eigenvalue weighted by Gasteiger charge is -2.31. The molecule has 0 unspecified atom stereocenters. The largest absolute Gasteiger partial charge is 0.388 e. The van der Waals surface area contributed by atoms with Gasteiger partial charge in [-0.2, -0.15) is 0 Å². The Morgan fingerprint density at radius 1 is 1.17 bits per heavy atom. The van der Waals surface area contributed by atoms with Crippen LogP contribution in [0.4, 0.5) is 0 Å². The van der Waals surface area contributed by atoms with Gasteiger partial charge in [0, 0.05) is 59.2 Å². The predicted octanol–water partition coefficient (Wildman–Crippen LogP) is 0.310. The van der Waals surface area contributed by atoms with Crippen molar-refractivity contribution in [1.29, 1.82) is 0 Å². The van der Waals surface area contributed by atoms with Crippen LogP contribution in [0, 0.1) is 0 Å². The van der Waals surface area contributed by atoms with E-state index in [-0.39, 0.29) is 25.0 Å². The monoisotopic (exact) mass is 423 g/mol. The maximum absolute atomic E-state index is 12.9. The molecule has 0 aliphatic carbocycles. The van der Waals surface area contributed by atoms with Crippen LogP contribution in [0.25, 0.3) is 0 Å². The number of pyridine rings is 1. The Bertz CT molecular complexity index is 659. The molecule has 0 saturated carbocycles. The molecule has 30 heavy (non-hydrogen) atoms. The van der Waals surface area contributed by atoms with Crippen molar-refractivity contribution in [2.24, 2.45) is 0 Å². The lowest BCUT2D eigenvalue weighted by atomic mass is 10.1. The van der Waals surface area contributed by atoms with Crippen LogP contribution >= 0.6 is 0 Å². The van der Waals surface area contributed by atoms with Crippen LogP contribution in [0.15, 0.2) is 24.5 Å². The van der Waals surface area contributed by atoms with E-state index in [1.165, 1.54) is 14.0 Å². The highest BCUT2D eigenvalue weighted by molar-refractivity contribution is 5.93. The summed E-state index contributed by atoms with van der Waals surface area (Å²) >= 11 is 0. The van der Waals surface area contributed by atoms with Crippen LogP contribution < -0.4 is 0 Å². The van der Waals surface area contributed by atoms with Crippen molar-refractivity contribution in [3.63, 3.8) is 0 Å². The minimum atomic E-state index is -1.18. The first-order valence-electron chi connectivity index (χ1n) is 10.4. The fraction of sp³-hybridized carbons (Fsp3) is 0.667. The van der Waals surface area contributed by atoms with Gasteiger partial charge in [0.25, 0.3) is 5.91 Å². The van der Waals surface area contributed by atoms with Crippen molar-refractivity contribution < 1.29 is 29.3 Å². The zero-order valence-corrected chi connectivity index (χ0v) is 17.8. The van der Waals surface area contributed by atoms with Crippen molar-refractivity contribution in [3.05, 3.63) is 30.1 Å². The van der Waals surface area contributed by atoms with Crippen molar-refractivity contribution in [2.75, 3.05) is 46.5 Å². The highest BCUT2D eigenvalue weighted by Crippen LogP contribution is 2.11. The molecule has 2 rings (SSSR count). The molecule has 9 nitrogen and oxygen atoms in total. The first-order chi connectivity index (χ1) is 14.4. The molecular formula is C21H33N3O6. The van der Waals surface area contributed by atoms with Gasteiger partial charge >= 0.3 is 0 Å². The quantitative estimate of drug-likeness (QED) is 0.704. The number of carbonyl (C=O) groups is 2. The number of methoxy groups -OCH3 is 1. The normalized spacial score (nSPS) is 25.3. The fourth-order valence-electron chi connectivity index (χ4n) is 3.41. The number of amides is 2. The number of ether oxygens (including phenoxy) is 2. The Balaban J connectivity index is 2.11. The molecule has 1 saturated heterocycles. The topological polar surface area (TPSA) is 112 Å². The van der Waals surface area contributed by atoms with E-state index >= 15 is 0 Å². The average Bonchev–Trinajstić information content (AvgIpc) is 2.76. The molecule has 168 valence electrons. The van der Waals surface area contributed by atoms with Crippen molar-refractivity contribution in [1.82, 2.24) is 14.8 Å². The van der Waals surface area contributed by atoms with E-state index in [9.17, 15) is 19.8 Å². The molecule has 2 N–H and O–H groups in total. The van der Waals surface area contributed by atoms with Gasteiger partial charge in [0.1, 0.15) is 18.3 Å². The molecule has 1 aromatic rings. The maximum Gasteiger partial charge on any atom is 0.255 e. The average molecular weight is 424 g/mol. The van der Waals surface area contributed by atoms with Gasteiger partial charge in [0.15, 0.2) is 0 Å². The summed E-state index contributed by atoms with van der Waals surface area (Å²) < 4.78 is 10.8. The second kappa shape index (κ2) is 12.6. The molecular weight excluding hydrogens is 390 g/mol. The van der Waals surface area contributed by atoms with Gasteiger partial charge in [-0.3, -0.25) is 14.6 Å². The third kappa shape index (κ3) is 7.32. The first kappa shape index (κ1) is 24.2. The van der Waals surface area contributed by atoms with Crippen LogP contribution in [0.1, 0.15) is 36.5 Å². The van der Waals surface area contributed by atoms with Gasteiger partial charge in [-0.25, -0.2) is 0 Å². The number of carbonyl (C=O) groups excluding carboxylic acids is 2. The molecule has 0 radical (unpaired) electrons. The number of rotatable bonds is 2. The van der Waals surface area contributed by atoms with Crippen molar-refractivity contribution in [2.45, 2.75) is 44.5 Å². The number of hydrogen-bond donors (Lipinski definition) is 2. The van der Waals surface area contributed by atoms with E-state index in [1.54, 1.807) is 34.3 Å². The summed E-state index contributed by atoms with van der Waals surface area (Å²) in [5.74, 6) is -0.257. The maximum atomic E-state index is 12.9. The zero-order valence-electron chi connectivity index (χ0n) is 17.8. The number of hydrogen-bond acceptors (Lipinski definition) is 7. The Kier molecular flexibility index (Phi) is 10.2. The number of aromatic nitrogens is 1. The van der Waals surface area contributed by atoms with Gasteiger partial charge < -0.3 is 29.5 Å². The van der Waals surface area contributed by atoms with E-state index < -0.39 is 18.3 Å². The smallest absolute Gasteiger partial charge is 0.255 e. The number of aliphatic hydroxyl groups is 2. The summed E-state index contributed by atoms with van der Waals surface area (Å²) in [5.41, 5.74) is 0.529. The lowest BCUT2D eigenvalue weighted by Crippen LogP contribution is -2.48. The molecule has 9 heteroatoms. The van der Waals surface area contributed by atoms with Crippen LogP contribution in [0.3, 0.4) is 0 Å². The number of aliphatic hydroxyl groups excluding tert-OH is 2. The van der Waals surface area contributed by atoms with Gasteiger partial charge in [-0.05, 0) is 31.4 Å². The van der Waals surface area contributed by atoms with E-state index in [0.717, 1.165) is 6.42 Å². The summed E-state index contributed by atoms with van der Waals surface area (Å²) in [6.45, 7) is 3.43. The van der Waals surface area contributed by atoms with E-state index in [0.29, 0.717) is 44.6 Å². The van der Waals surface area contributed by atoms with Crippen molar-refractivity contribution >= 4 is 11.8 Å². The molecule has 1 aromatic heterocycles. The van der Waals surface area contributed by atoms with Gasteiger partial charge in [0.05, 0.1) is 12.2 Å². The predicted molar refractivity (Wildman–Crippen MR) is 110 cm³/mol. The molecule has 0 spiro atoms. The SMILES string of the molecule is CO[C@H]1CN(C(C)=O)CCCN(C(=O)c2cccnc2)CCCCOC[C@H](O)[C@@H]1O. The molecule has 2 amide bonds. The first-order valence-corrected chi connectivity index (χ1v) is 10.4. The highest BCUT2D eigenvalue weighted by Gasteiger charge is 2.29. The van der Waals surface area contributed by atoms with Gasteiger partial charge in [-0.1, -0.05) is 0 Å². The third-order valence-corrected chi connectivity index (χ3v) is 5.23. The van der Waals surface area contributed by atoms with E-state index in [1.807, 2.05) is 0 Å². The second-order valence-electron chi connectivity index (χ2n) is 7.47. The highest BCUT2D eigenvalue weighted by atomic mass is 16.5. The molecule has 1 aliphatic heterocycles. The van der Waals surface area contributed by atoms with Crippen LogP contribution in [-0.4, -0.2) is 102 Å². The fourth-order valence-corrected chi connectivity index (χ4v) is 3.41. The molecule has 0 bridgehead atoms. The minimum Gasteiger partial charge on any atom is -0.388 e. The van der Waals surface area contributed by atoms with Crippen LogP contribution in [0.5, 0.6) is 0 Å². The summed E-state index contributed by atoms with van der Waals surface area (Å²) in [6.07, 6.45) is 2.18. The summed E-state index contributed by atoms with van der Waals surface area (Å²) in [6, 6.07) is 3.47. The van der Waals surface area contributed by atoms with E-state index in [2.05, 4.69) is 4.98 Å². The molecule has 3 atom stereocenters. The Hall–Kier alpha value is -2.07. The Morgan fingerprint density at radius 2 is 1.90 bits per heavy atom. The van der Waals surface area contributed by atoms with Gasteiger partial charge in [0.2, 0.25) is 5.91 Å². The Labute approximate surface area is 177 Å². The minimum absolute atomic E-state index is 0.0283. The van der Waals surface area contributed by atoms with Crippen molar-refractivity contribution in [3.8, 4) is 0 Å². The third-order valence-electron chi connectivity index (χ3n) is 5.23. The summed E-state index contributed by atoms with van der Waals surface area (Å²) in [4.78, 5) is 32.3. The summed E-state index contributed by atoms with van der Waals surface area (Å²) in [7, 11) is 1.43. The Morgan fingerprint density at radius 3 is 2.57 bits per heavy atom. The van der Waals surface area contributed by atoms with E-state index in [4.69, 9.17) is 9.47 Å². The molecule has 2 heterocycles. The van der Waals surface area contributed by atoms with Gasteiger partial charge in [-0.15, -0.1) is 0 Å². The lowest BCUT2D eigenvalue weighted by molar-refractivity contribution is -0.136.